The third-order valence-corrected chi connectivity index (χ3v) is 3.95. The van der Waals surface area contributed by atoms with Gasteiger partial charge in [0.1, 0.15) is 5.54 Å². The Morgan fingerprint density at radius 3 is 2.94 bits per heavy atom. The third kappa shape index (κ3) is 2.14. The van der Waals surface area contributed by atoms with Gasteiger partial charge in [0.2, 0.25) is 0 Å². The molecule has 1 saturated heterocycles. The van der Waals surface area contributed by atoms with Crippen LogP contribution in [0.5, 0.6) is 0 Å². The molecule has 1 aliphatic heterocycles. The Kier molecular flexibility index (Phi) is 3.71. The minimum atomic E-state index is -0.677. The molecule has 1 aromatic heterocycles. The topological polar surface area (TPSA) is 58.4 Å². The van der Waals surface area contributed by atoms with E-state index in [0.29, 0.717) is 6.54 Å². The molecule has 2 rings (SSSR count). The number of hydrogen-bond acceptors (Lipinski definition) is 3. The van der Waals surface area contributed by atoms with Crippen molar-refractivity contribution in [1.82, 2.24) is 14.5 Å². The molecule has 0 radical (unpaired) electrons. The van der Waals surface area contributed by atoms with Gasteiger partial charge in [-0.05, 0) is 25.8 Å². The quantitative estimate of drug-likeness (QED) is 0.864. The molecule has 0 amide bonds. The van der Waals surface area contributed by atoms with Crippen molar-refractivity contribution in [3.05, 3.63) is 18.2 Å². The van der Waals surface area contributed by atoms with Crippen LogP contribution in [0.25, 0.3) is 0 Å². The summed E-state index contributed by atoms with van der Waals surface area (Å²) in [6.45, 7) is 3.57. The van der Waals surface area contributed by atoms with Gasteiger partial charge in [-0.1, -0.05) is 13.3 Å². The second-order valence-corrected chi connectivity index (χ2v) is 5.11. The summed E-state index contributed by atoms with van der Waals surface area (Å²) in [5.74, 6) is -0.677. The van der Waals surface area contributed by atoms with Gasteiger partial charge in [0, 0.05) is 19.8 Å². The fraction of sp³-hybridized carbons (Fsp3) is 0.692. The van der Waals surface area contributed by atoms with Crippen LogP contribution >= 0.6 is 0 Å². The molecule has 0 aromatic carbocycles. The Balaban J connectivity index is 2.20. The third-order valence-electron chi connectivity index (χ3n) is 3.95. The average molecular weight is 251 g/mol. The SMILES string of the molecule is CCCC1(C(=O)O)CCCN1Cc1cncn1C. The number of aryl methyl sites for hydroxylation is 1. The van der Waals surface area contributed by atoms with Crippen LogP contribution < -0.4 is 0 Å². The molecule has 100 valence electrons. The van der Waals surface area contributed by atoms with Gasteiger partial charge in [-0.3, -0.25) is 9.69 Å². The first-order valence-corrected chi connectivity index (χ1v) is 6.54. The molecule has 1 aromatic rings. The Morgan fingerprint density at radius 2 is 2.39 bits per heavy atom. The molecule has 5 heteroatoms. The highest BCUT2D eigenvalue weighted by molar-refractivity contribution is 5.79. The summed E-state index contributed by atoms with van der Waals surface area (Å²) in [5, 5.41) is 9.60. The minimum Gasteiger partial charge on any atom is -0.480 e. The van der Waals surface area contributed by atoms with E-state index in [2.05, 4.69) is 9.88 Å². The van der Waals surface area contributed by atoms with Crippen LogP contribution in [-0.2, 0) is 18.4 Å². The van der Waals surface area contributed by atoms with Gasteiger partial charge in [-0.25, -0.2) is 4.98 Å². The normalized spacial score (nSPS) is 24.6. The summed E-state index contributed by atoms with van der Waals surface area (Å²) in [4.78, 5) is 17.9. The van der Waals surface area contributed by atoms with E-state index in [9.17, 15) is 9.90 Å². The monoisotopic (exact) mass is 251 g/mol. The van der Waals surface area contributed by atoms with Crippen LogP contribution in [-0.4, -0.2) is 37.6 Å². The van der Waals surface area contributed by atoms with Gasteiger partial charge in [0.15, 0.2) is 0 Å². The zero-order valence-corrected chi connectivity index (χ0v) is 11.1. The molecular weight excluding hydrogens is 230 g/mol. The Morgan fingerprint density at radius 1 is 1.61 bits per heavy atom. The van der Waals surface area contributed by atoms with E-state index in [1.807, 2.05) is 24.7 Å². The summed E-state index contributed by atoms with van der Waals surface area (Å²) in [5.41, 5.74) is 0.401. The number of nitrogens with zero attached hydrogens (tertiary/aromatic N) is 3. The van der Waals surface area contributed by atoms with Gasteiger partial charge in [-0.2, -0.15) is 0 Å². The molecule has 1 fully saturated rings. The van der Waals surface area contributed by atoms with Crippen molar-refractivity contribution in [3.63, 3.8) is 0 Å². The van der Waals surface area contributed by atoms with E-state index in [1.54, 1.807) is 6.33 Å². The van der Waals surface area contributed by atoms with Crippen molar-refractivity contribution < 1.29 is 9.90 Å². The van der Waals surface area contributed by atoms with Crippen LogP contribution in [0.2, 0.25) is 0 Å². The van der Waals surface area contributed by atoms with E-state index in [0.717, 1.165) is 37.9 Å². The summed E-state index contributed by atoms with van der Waals surface area (Å²) >= 11 is 0. The standard InChI is InChI=1S/C13H21N3O2/c1-3-5-13(12(17)18)6-4-7-16(13)9-11-8-14-10-15(11)2/h8,10H,3-7,9H2,1-2H3,(H,17,18). The zero-order valence-electron chi connectivity index (χ0n) is 11.1. The number of aromatic nitrogens is 2. The van der Waals surface area contributed by atoms with Gasteiger partial charge in [0.05, 0.1) is 12.0 Å². The molecule has 0 spiro atoms. The number of imidazole rings is 1. The molecule has 1 aliphatic rings. The fourth-order valence-electron chi connectivity index (χ4n) is 2.94. The van der Waals surface area contributed by atoms with Gasteiger partial charge in [-0.15, -0.1) is 0 Å². The number of carboxylic acid groups (broad SMARTS) is 1. The lowest BCUT2D eigenvalue weighted by Gasteiger charge is -2.34. The number of hydrogen-bond donors (Lipinski definition) is 1. The van der Waals surface area contributed by atoms with Crippen molar-refractivity contribution in [2.24, 2.45) is 7.05 Å². The molecule has 5 nitrogen and oxygen atoms in total. The smallest absolute Gasteiger partial charge is 0.324 e. The van der Waals surface area contributed by atoms with E-state index >= 15 is 0 Å². The van der Waals surface area contributed by atoms with E-state index in [-0.39, 0.29) is 0 Å². The molecule has 18 heavy (non-hydrogen) atoms. The van der Waals surface area contributed by atoms with Crippen molar-refractivity contribution in [2.45, 2.75) is 44.7 Å². The molecule has 0 aliphatic carbocycles. The van der Waals surface area contributed by atoms with Gasteiger partial charge >= 0.3 is 5.97 Å². The summed E-state index contributed by atoms with van der Waals surface area (Å²) in [7, 11) is 1.95. The highest BCUT2D eigenvalue weighted by atomic mass is 16.4. The summed E-state index contributed by atoms with van der Waals surface area (Å²) in [6, 6.07) is 0. The lowest BCUT2D eigenvalue weighted by Crippen LogP contribution is -2.50. The predicted octanol–water partition coefficient (Wildman–Crippen LogP) is 1.64. The van der Waals surface area contributed by atoms with Crippen LogP contribution in [0.4, 0.5) is 0 Å². The Hall–Kier alpha value is -1.36. The molecule has 0 bridgehead atoms. The van der Waals surface area contributed by atoms with Crippen molar-refractivity contribution in [1.29, 1.82) is 0 Å². The largest absolute Gasteiger partial charge is 0.480 e. The number of rotatable bonds is 5. The second-order valence-electron chi connectivity index (χ2n) is 5.11. The van der Waals surface area contributed by atoms with E-state index < -0.39 is 11.5 Å². The van der Waals surface area contributed by atoms with Crippen molar-refractivity contribution >= 4 is 5.97 Å². The van der Waals surface area contributed by atoms with E-state index in [4.69, 9.17) is 0 Å². The summed E-state index contributed by atoms with van der Waals surface area (Å²) in [6.07, 6.45) is 6.91. The first kappa shape index (κ1) is 13.1. The number of likely N-dealkylation sites (tertiary alicyclic amines) is 1. The highest BCUT2D eigenvalue weighted by Gasteiger charge is 2.46. The molecule has 1 N–H and O–H groups in total. The number of carboxylic acids is 1. The van der Waals surface area contributed by atoms with Gasteiger partial charge in [0.25, 0.3) is 0 Å². The molecule has 1 unspecified atom stereocenters. The first-order valence-electron chi connectivity index (χ1n) is 6.54. The lowest BCUT2D eigenvalue weighted by atomic mass is 9.90. The minimum absolute atomic E-state index is 0.668. The Labute approximate surface area is 107 Å². The molecular formula is C13H21N3O2. The first-order chi connectivity index (χ1) is 8.60. The maximum atomic E-state index is 11.7. The lowest BCUT2D eigenvalue weighted by molar-refractivity contribution is -0.150. The van der Waals surface area contributed by atoms with E-state index in [1.165, 1.54) is 0 Å². The molecule has 0 saturated carbocycles. The second kappa shape index (κ2) is 5.10. The average Bonchev–Trinajstić information content (AvgIpc) is 2.89. The highest BCUT2D eigenvalue weighted by Crippen LogP contribution is 2.35. The molecule has 1 atom stereocenters. The van der Waals surface area contributed by atoms with Crippen LogP contribution in [0.1, 0.15) is 38.3 Å². The summed E-state index contributed by atoms with van der Waals surface area (Å²) < 4.78 is 1.96. The maximum absolute atomic E-state index is 11.7. The van der Waals surface area contributed by atoms with Crippen molar-refractivity contribution in [3.8, 4) is 0 Å². The molecule has 2 heterocycles. The van der Waals surface area contributed by atoms with Crippen LogP contribution in [0, 0.1) is 0 Å². The van der Waals surface area contributed by atoms with Crippen LogP contribution in [0.3, 0.4) is 0 Å². The fourth-order valence-corrected chi connectivity index (χ4v) is 2.94. The van der Waals surface area contributed by atoms with Crippen molar-refractivity contribution in [2.75, 3.05) is 6.54 Å². The number of aliphatic carboxylic acids is 1. The van der Waals surface area contributed by atoms with Crippen LogP contribution in [0.15, 0.2) is 12.5 Å². The predicted molar refractivity (Wildman–Crippen MR) is 68.1 cm³/mol. The number of carbonyl (C=O) groups is 1. The maximum Gasteiger partial charge on any atom is 0.324 e. The Bertz CT molecular complexity index is 430. The van der Waals surface area contributed by atoms with Gasteiger partial charge < -0.3 is 9.67 Å². The zero-order chi connectivity index (χ0) is 13.2.